The standard InChI is InChI=1S/C30H47FN6O5/c1-6-12-24(14-9-16-31)20-34-29(40)35-26-22-36(18-11-13-23(4)8-3)28(39)25(37(26)27(38)21-32-5)15-10-17-33-30(41)42-19-7-2/h6-9,12,14,25-26,32H,1-2,10-11,13,15-22H2,3-5H3,(H,33,41)(H2,34,35,40)/b14-9-,23-8+,24-12+/t25-,26?/m0/s1. The summed E-state index contributed by atoms with van der Waals surface area (Å²) in [7, 11) is 1.63. The van der Waals surface area contributed by atoms with Crippen LogP contribution in [0.15, 0.2) is 60.8 Å². The Morgan fingerprint density at radius 1 is 1.17 bits per heavy atom. The third-order valence-corrected chi connectivity index (χ3v) is 6.53. The molecule has 4 N–H and O–H groups in total. The summed E-state index contributed by atoms with van der Waals surface area (Å²) in [6.45, 7) is 11.4. The molecule has 234 valence electrons. The molecule has 0 radical (unpaired) electrons. The zero-order chi connectivity index (χ0) is 31.3. The van der Waals surface area contributed by atoms with Crippen molar-refractivity contribution in [2.75, 3.05) is 53.1 Å². The number of nitrogens with one attached hydrogen (secondary N) is 4. The quantitative estimate of drug-likeness (QED) is 0.110. The molecule has 0 aromatic heterocycles. The number of nitrogens with zero attached hydrogens (tertiary/aromatic N) is 2. The highest BCUT2D eigenvalue weighted by molar-refractivity contribution is 5.90. The van der Waals surface area contributed by atoms with Gasteiger partial charge in [-0.05, 0) is 52.2 Å². The molecule has 1 aliphatic heterocycles. The molecule has 42 heavy (non-hydrogen) atoms. The molecule has 5 amide bonds. The molecule has 11 nitrogen and oxygen atoms in total. The Labute approximate surface area is 249 Å². The number of likely N-dealkylation sites (N-methyl/N-ethyl adjacent to an activating group) is 1. The van der Waals surface area contributed by atoms with E-state index >= 15 is 0 Å². The van der Waals surface area contributed by atoms with Crippen molar-refractivity contribution in [2.45, 2.75) is 51.7 Å². The summed E-state index contributed by atoms with van der Waals surface area (Å²) in [6.07, 6.45) is 10.3. The van der Waals surface area contributed by atoms with Crippen LogP contribution in [0.4, 0.5) is 14.0 Å². The number of alkyl carbamates (subject to hydrolysis) is 1. The van der Waals surface area contributed by atoms with Crippen LogP contribution >= 0.6 is 0 Å². The van der Waals surface area contributed by atoms with Crippen LogP contribution in [0.2, 0.25) is 0 Å². The highest BCUT2D eigenvalue weighted by Crippen LogP contribution is 2.21. The summed E-state index contributed by atoms with van der Waals surface area (Å²) in [6, 6.07) is -1.39. The molecule has 12 heteroatoms. The second-order valence-electron chi connectivity index (χ2n) is 9.70. The highest BCUT2D eigenvalue weighted by Gasteiger charge is 2.43. The van der Waals surface area contributed by atoms with E-state index in [9.17, 15) is 23.6 Å². The predicted molar refractivity (Wildman–Crippen MR) is 162 cm³/mol. The number of urea groups is 1. The fourth-order valence-corrected chi connectivity index (χ4v) is 4.37. The van der Waals surface area contributed by atoms with Gasteiger partial charge >= 0.3 is 12.1 Å². The smallest absolute Gasteiger partial charge is 0.407 e. The third-order valence-electron chi connectivity index (χ3n) is 6.53. The number of carbonyl (C=O) groups is 4. The summed E-state index contributed by atoms with van der Waals surface area (Å²) in [5.74, 6) is -0.556. The van der Waals surface area contributed by atoms with Gasteiger partial charge in [-0.15, -0.1) is 0 Å². The van der Waals surface area contributed by atoms with Crippen LogP contribution < -0.4 is 21.3 Å². The number of hydrogen-bond acceptors (Lipinski definition) is 6. The first-order valence-corrected chi connectivity index (χ1v) is 14.2. The number of allylic oxidation sites excluding steroid dienone is 5. The minimum Gasteiger partial charge on any atom is -0.445 e. The van der Waals surface area contributed by atoms with Gasteiger partial charge in [0.1, 0.15) is 25.5 Å². The van der Waals surface area contributed by atoms with Crippen LogP contribution in [0.5, 0.6) is 0 Å². The van der Waals surface area contributed by atoms with E-state index in [1.165, 1.54) is 28.7 Å². The van der Waals surface area contributed by atoms with Crippen LogP contribution in [-0.4, -0.2) is 99.0 Å². The fraction of sp³-hybridized carbons (Fsp3) is 0.533. The number of alkyl halides is 1. The molecule has 0 bridgehead atoms. The summed E-state index contributed by atoms with van der Waals surface area (Å²) in [5.41, 5.74) is 1.84. The van der Waals surface area contributed by atoms with Crippen molar-refractivity contribution < 1.29 is 28.3 Å². The summed E-state index contributed by atoms with van der Waals surface area (Å²) in [4.78, 5) is 54.8. The van der Waals surface area contributed by atoms with Gasteiger partial charge in [0.05, 0.1) is 13.1 Å². The Morgan fingerprint density at radius 2 is 1.93 bits per heavy atom. The maximum Gasteiger partial charge on any atom is 0.407 e. The second kappa shape index (κ2) is 20.9. The Hall–Kier alpha value is -3.93. The minimum atomic E-state index is -0.845. The second-order valence-corrected chi connectivity index (χ2v) is 9.70. The first kappa shape index (κ1) is 36.1. The first-order valence-electron chi connectivity index (χ1n) is 14.2. The summed E-state index contributed by atoms with van der Waals surface area (Å²) < 4.78 is 17.5. The lowest BCUT2D eigenvalue weighted by Crippen LogP contribution is -2.69. The Balaban J connectivity index is 3.14. The van der Waals surface area contributed by atoms with Crippen molar-refractivity contribution in [1.29, 1.82) is 0 Å². The van der Waals surface area contributed by atoms with E-state index in [4.69, 9.17) is 4.74 Å². The van der Waals surface area contributed by atoms with E-state index < -0.39 is 31.0 Å². The van der Waals surface area contributed by atoms with E-state index in [2.05, 4.69) is 34.4 Å². The topological polar surface area (TPSA) is 132 Å². The zero-order valence-electron chi connectivity index (χ0n) is 25.1. The van der Waals surface area contributed by atoms with Gasteiger partial charge in [0, 0.05) is 19.6 Å². The van der Waals surface area contributed by atoms with E-state index in [1.807, 2.05) is 19.9 Å². The molecule has 0 aromatic rings. The van der Waals surface area contributed by atoms with Crippen LogP contribution in [0, 0.1) is 0 Å². The van der Waals surface area contributed by atoms with Crippen LogP contribution in [-0.2, 0) is 14.3 Å². The normalized spacial score (nSPS) is 17.7. The average molecular weight is 591 g/mol. The fourth-order valence-electron chi connectivity index (χ4n) is 4.37. The Bertz CT molecular complexity index is 1010. The molecule has 1 saturated heterocycles. The van der Waals surface area contributed by atoms with Crippen LogP contribution in [0.1, 0.15) is 39.5 Å². The van der Waals surface area contributed by atoms with Crippen molar-refractivity contribution >= 4 is 23.9 Å². The molecule has 1 fully saturated rings. The van der Waals surface area contributed by atoms with Crippen molar-refractivity contribution in [3.05, 3.63) is 60.8 Å². The summed E-state index contributed by atoms with van der Waals surface area (Å²) >= 11 is 0. The maximum atomic E-state index is 13.7. The lowest BCUT2D eigenvalue weighted by Gasteiger charge is -2.46. The largest absolute Gasteiger partial charge is 0.445 e. The molecular weight excluding hydrogens is 543 g/mol. The van der Waals surface area contributed by atoms with Crippen molar-refractivity contribution in [1.82, 2.24) is 31.1 Å². The number of halogens is 1. The molecule has 1 aliphatic rings. The molecule has 0 saturated carbocycles. The van der Waals surface area contributed by atoms with E-state index in [0.717, 1.165) is 12.8 Å². The Kier molecular flexibility index (Phi) is 17.9. The number of carbonyl (C=O) groups excluding carboxylic acids is 4. The summed E-state index contributed by atoms with van der Waals surface area (Å²) in [5, 5.41) is 11.0. The van der Waals surface area contributed by atoms with Crippen LogP contribution in [0.25, 0.3) is 0 Å². The SMILES string of the molecule is C=C/C=C(\C=C/CF)CNC(=O)NC1CN(CCC/C(C)=C/C)C(=O)[C@H](CCCNC(=O)OCC=C)N1C(=O)CNC. The van der Waals surface area contributed by atoms with Gasteiger partial charge in [0.15, 0.2) is 0 Å². The highest BCUT2D eigenvalue weighted by atomic mass is 19.1. The molecule has 0 spiro atoms. The van der Waals surface area contributed by atoms with Gasteiger partial charge in [-0.3, -0.25) is 9.59 Å². The van der Waals surface area contributed by atoms with E-state index in [-0.39, 0.29) is 51.0 Å². The van der Waals surface area contributed by atoms with E-state index in [1.54, 1.807) is 24.1 Å². The lowest BCUT2D eigenvalue weighted by molar-refractivity contribution is -0.156. The number of piperazine rings is 1. The first-order chi connectivity index (χ1) is 20.2. The molecule has 1 heterocycles. The van der Waals surface area contributed by atoms with Gasteiger partial charge in [0.2, 0.25) is 11.8 Å². The van der Waals surface area contributed by atoms with Gasteiger partial charge in [-0.1, -0.05) is 55.2 Å². The van der Waals surface area contributed by atoms with Crippen molar-refractivity contribution in [3.63, 3.8) is 0 Å². The average Bonchev–Trinajstić information content (AvgIpc) is 2.97. The van der Waals surface area contributed by atoms with Gasteiger partial charge in [-0.25, -0.2) is 14.0 Å². The number of rotatable bonds is 18. The maximum absolute atomic E-state index is 13.7. The molecule has 0 aromatic carbocycles. The van der Waals surface area contributed by atoms with Crippen molar-refractivity contribution in [2.24, 2.45) is 0 Å². The van der Waals surface area contributed by atoms with Gasteiger partial charge in [0.25, 0.3) is 0 Å². The number of amides is 5. The Morgan fingerprint density at radius 3 is 2.57 bits per heavy atom. The lowest BCUT2D eigenvalue weighted by atomic mass is 10.0. The number of ether oxygens (including phenoxy) is 1. The molecule has 0 aliphatic carbocycles. The monoisotopic (exact) mass is 590 g/mol. The van der Waals surface area contributed by atoms with Crippen molar-refractivity contribution in [3.8, 4) is 0 Å². The van der Waals surface area contributed by atoms with Gasteiger partial charge < -0.3 is 35.8 Å². The number of hydrogen-bond donors (Lipinski definition) is 4. The molecule has 1 rings (SSSR count). The molecular formula is C30H47FN6O5. The predicted octanol–water partition coefficient (Wildman–Crippen LogP) is 2.95. The van der Waals surface area contributed by atoms with Crippen LogP contribution in [0.3, 0.4) is 0 Å². The molecule has 1 unspecified atom stereocenters. The third kappa shape index (κ3) is 13.2. The van der Waals surface area contributed by atoms with E-state index in [0.29, 0.717) is 18.5 Å². The van der Waals surface area contributed by atoms with Gasteiger partial charge in [-0.2, -0.15) is 0 Å². The zero-order valence-corrected chi connectivity index (χ0v) is 25.1. The molecule has 2 atom stereocenters. The minimum absolute atomic E-state index is 0.0313.